The molecule has 0 radical (unpaired) electrons. The first kappa shape index (κ1) is 23.2. The number of hydrogen-bond acceptors (Lipinski definition) is 4. The second-order valence-electron chi connectivity index (χ2n) is 7.06. The highest BCUT2D eigenvalue weighted by Crippen LogP contribution is 2.23. The highest BCUT2D eigenvalue weighted by atomic mass is 19.1. The molecule has 0 atom stereocenters. The normalized spacial score (nSPS) is 10.1. The molecule has 0 aliphatic carbocycles. The third-order valence-corrected chi connectivity index (χ3v) is 4.82. The summed E-state index contributed by atoms with van der Waals surface area (Å²) in [6, 6.07) is 25.3. The van der Waals surface area contributed by atoms with Crippen molar-refractivity contribution in [3.63, 3.8) is 0 Å². The molecule has 3 N–H and O–H groups in total. The molecule has 1 aromatic heterocycles. The Balaban J connectivity index is 0.000000454. The first-order chi connectivity index (χ1) is 15.8. The van der Waals surface area contributed by atoms with Crippen LogP contribution >= 0.6 is 0 Å². The van der Waals surface area contributed by atoms with E-state index in [2.05, 4.69) is 46.7 Å². The summed E-state index contributed by atoms with van der Waals surface area (Å²) in [6.45, 7) is 0.683. The Morgan fingerprint density at radius 2 is 1.39 bits per heavy atom. The number of hydrogen-bond donors (Lipinski definition) is 3. The summed E-state index contributed by atoms with van der Waals surface area (Å²) in [5, 5.41) is 18.2. The SMILES string of the molecule is Cn1c(-c2ccc(F)cc2)cnc1NCc1ccc(-c2ccccc2)cc1.O=C(O)C(=O)O. The number of nitrogens with one attached hydrogen (secondary N) is 1. The monoisotopic (exact) mass is 447 g/mol. The van der Waals surface area contributed by atoms with Gasteiger partial charge in [-0.15, -0.1) is 0 Å². The number of aromatic nitrogens is 2. The largest absolute Gasteiger partial charge is 0.473 e. The number of halogens is 1. The molecule has 4 aromatic rings. The van der Waals surface area contributed by atoms with Gasteiger partial charge in [-0.25, -0.2) is 19.0 Å². The smallest absolute Gasteiger partial charge is 0.414 e. The molecule has 0 saturated carbocycles. The van der Waals surface area contributed by atoms with E-state index in [4.69, 9.17) is 19.8 Å². The van der Waals surface area contributed by atoms with Crippen molar-refractivity contribution in [3.8, 4) is 22.4 Å². The number of carbonyl (C=O) groups is 2. The Bertz CT molecular complexity index is 1210. The second kappa shape index (κ2) is 10.7. The topological polar surface area (TPSA) is 104 Å². The zero-order valence-corrected chi connectivity index (χ0v) is 17.8. The van der Waals surface area contributed by atoms with Crippen LogP contribution in [0.15, 0.2) is 85.1 Å². The molecule has 0 saturated heterocycles. The molecular formula is C25H22FN3O4. The molecule has 3 aromatic carbocycles. The van der Waals surface area contributed by atoms with Gasteiger partial charge in [0.1, 0.15) is 5.82 Å². The minimum atomic E-state index is -1.82. The maximum atomic E-state index is 13.1. The zero-order chi connectivity index (χ0) is 23.8. The lowest BCUT2D eigenvalue weighted by molar-refractivity contribution is -0.159. The van der Waals surface area contributed by atoms with Crippen molar-refractivity contribution >= 4 is 17.9 Å². The second-order valence-corrected chi connectivity index (χ2v) is 7.06. The number of benzene rings is 3. The van der Waals surface area contributed by atoms with Crippen LogP contribution in [-0.4, -0.2) is 31.7 Å². The van der Waals surface area contributed by atoms with Crippen molar-refractivity contribution in [2.75, 3.05) is 5.32 Å². The molecule has 0 aliphatic heterocycles. The van der Waals surface area contributed by atoms with Crippen molar-refractivity contribution < 1.29 is 24.2 Å². The van der Waals surface area contributed by atoms with Crippen LogP contribution < -0.4 is 5.32 Å². The van der Waals surface area contributed by atoms with Gasteiger partial charge in [-0.3, -0.25) is 0 Å². The van der Waals surface area contributed by atoms with Gasteiger partial charge in [-0.2, -0.15) is 0 Å². The van der Waals surface area contributed by atoms with E-state index >= 15 is 0 Å². The van der Waals surface area contributed by atoms with Crippen LogP contribution in [0.2, 0.25) is 0 Å². The van der Waals surface area contributed by atoms with E-state index in [0.29, 0.717) is 6.54 Å². The minimum Gasteiger partial charge on any atom is -0.473 e. The van der Waals surface area contributed by atoms with Gasteiger partial charge in [0, 0.05) is 19.2 Å². The number of nitrogens with zero attached hydrogens (tertiary/aromatic N) is 2. The molecule has 0 unspecified atom stereocenters. The van der Waals surface area contributed by atoms with E-state index in [0.717, 1.165) is 17.2 Å². The lowest BCUT2D eigenvalue weighted by Gasteiger charge is -2.09. The number of carboxylic acid groups (broad SMARTS) is 2. The van der Waals surface area contributed by atoms with Crippen molar-refractivity contribution in [2.45, 2.75) is 6.54 Å². The molecule has 33 heavy (non-hydrogen) atoms. The molecule has 1 heterocycles. The Morgan fingerprint density at radius 1 is 0.848 bits per heavy atom. The van der Waals surface area contributed by atoms with Gasteiger partial charge in [0.05, 0.1) is 11.9 Å². The Labute approximate surface area is 189 Å². The summed E-state index contributed by atoms with van der Waals surface area (Å²) in [7, 11) is 1.95. The first-order valence-electron chi connectivity index (χ1n) is 9.97. The predicted octanol–water partition coefficient (Wildman–Crippen LogP) is 4.66. The van der Waals surface area contributed by atoms with Gasteiger partial charge < -0.3 is 20.1 Å². The van der Waals surface area contributed by atoms with Crippen LogP contribution in [0.1, 0.15) is 5.56 Å². The third-order valence-electron chi connectivity index (χ3n) is 4.82. The molecule has 168 valence electrons. The van der Waals surface area contributed by atoms with E-state index in [1.165, 1.54) is 28.8 Å². The van der Waals surface area contributed by atoms with E-state index in [1.807, 2.05) is 29.8 Å². The highest BCUT2D eigenvalue weighted by Gasteiger charge is 2.08. The predicted molar refractivity (Wildman–Crippen MR) is 123 cm³/mol. The summed E-state index contributed by atoms with van der Waals surface area (Å²) in [5.74, 6) is -3.11. The molecule has 7 nitrogen and oxygen atoms in total. The lowest BCUT2D eigenvalue weighted by atomic mass is 10.0. The fourth-order valence-corrected chi connectivity index (χ4v) is 3.09. The van der Waals surface area contributed by atoms with Crippen LogP contribution in [0.4, 0.5) is 10.3 Å². The van der Waals surface area contributed by atoms with E-state index < -0.39 is 11.9 Å². The number of imidazole rings is 1. The molecule has 0 amide bonds. The molecule has 8 heteroatoms. The average molecular weight is 447 g/mol. The maximum absolute atomic E-state index is 13.1. The van der Waals surface area contributed by atoms with Crippen molar-refractivity contribution in [3.05, 3.63) is 96.4 Å². The summed E-state index contributed by atoms with van der Waals surface area (Å²) in [4.78, 5) is 22.7. The Kier molecular flexibility index (Phi) is 7.54. The van der Waals surface area contributed by atoms with E-state index in [1.54, 1.807) is 18.3 Å². The molecule has 4 rings (SSSR count). The average Bonchev–Trinajstić information content (AvgIpc) is 3.19. The zero-order valence-electron chi connectivity index (χ0n) is 17.8. The number of rotatable bonds is 5. The van der Waals surface area contributed by atoms with Crippen molar-refractivity contribution in [2.24, 2.45) is 7.05 Å². The fraction of sp³-hybridized carbons (Fsp3) is 0.0800. The lowest BCUT2D eigenvalue weighted by Crippen LogP contribution is -2.09. The fourth-order valence-electron chi connectivity index (χ4n) is 3.09. The molecule has 0 bridgehead atoms. The van der Waals surface area contributed by atoms with Crippen LogP contribution in [0.25, 0.3) is 22.4 Å². The Hall–Kier alpha value is -4.46. The van der Waals surface area contributed by atoms with Crippen molar-refractivity contribution in [1.82, 2.24) is 9.55 Å². The molecule has 0 fully saturated rings. The van der Waals surface area contributed by atoms with Gasteiger partial charge >= 0.3 is 11.9 Å². The first-order valence-corrected chi connectivity index (χ1v) is 9.97. The van der Waals surface area contributed by atoms with Crippen LogP contribution in [0, 0.1) is 5.82 Å². The maximum Gasteiger partial charge on any atom is 0.414 e. The highest BCUT2D eigenvalue weighted by molar-refractivity contribution is 6.27. The van der Waals surface area contributed by atoms with Gasteiger partial charge in [-0.05, 0) is 41.0 Å². The number of carboxylic acids is 2. The van der Waals surface area contributed by atoms with Crippen molar-refractivity contribution in [1.29, 1.82) is 0 Å². The number of aliphatic carboxylic acids is 2. The van der Waals surface area contributed by atoms with Gasteiger partial charge in [0.25, 0.3) is 0 Å². The molecular weight excluding hydrogens is 425 g/mol. The molecule has 0 aliphatic rings. The third kappa shape index (κ3) is 6.27. The number of anilines is 1. The summed E-state index contributed by atoms with van der Waals surface area (Å²) >= 11 is 0. The van der Waals surface area contributed by atoms with Crippen LogP contribution in [0.3, 0.4) is 0 Å². The van der Waals surface area contributed by atoms with Crippen LogP contribution in [-0.2, 0) is 23.2 Å². The van der Waals surface area contributed by atoms with E-state index in [9.17, 15) is 4.39 Å². The summed E-state index contributed by atoms with van der Waals surface area (Å²) in [6.07, 6.45) is 1.80. The Morgan fingerprint density at radius 3 is 1.97 bits per heavy atom. The van der Waals surface area contributed by atoms with Gasteiger partial charge in [0.15, 0.2) is 0 Å². The summed E-state index contributed by atoms with van der Waals surface area (Å²) < 4.78 is 15.1. The molecule has 0 spiro atoms. The van der Waals surface area contributed by atoms with Gasteiger partial charge in [0.2, 0.25) is 5.95 Å². The standard InChI is InChI=1S/C23H20FN3.C2H2O4/c1-27-22(20-11-13-21(24)14-12-20)16-26-23(27)25-15-17-7-9-19(10-8-17)18-5-3-2-4-6-18;3-1(4)2(5)6/h2-14,16H,15H2,1H3,(H,25,26);(H,3,4)(H,5,6). The van der Waals surface area contributed by atoms with Crippen LogP contribution in [0.5, 0.6) is 0 Å². The minimum absolute atomic E-state index is 0.238. The van der Waals surface area contributed by atoms with E-state index in [-0.39, 0.29) is 5.82 Å². The van der Waals surface area contributed by atoms with Gasteiger partial charge in [-0.1, -0.05) is 54.6 Å². The quantitative estimate of drug-likeness (QED) is 0.385. The summed E-state index contributed by atoms with van der Waals surface area (Å²) in [5.41, 5.74) is 5.48.